The average molecular weight is 1420 g/mol. The van der Waals surface area contributed by atoms with Gasteiger partial charge in [0.25, 0.3) is 0 Å². The van der Waals surface area contributed by atoms with E-state index >= 15 is 4.79 Å². The number of carbonyl (C=O) groups is 7. The van der Waals surface area contributed by atoms with E-state index in [1.165, 1.54) is 0 Å². The minimum absolute atomic E-state index is 0.249. The zero-order chi connectivity index (χ0) is 73.6. The Morgan fingerprint density at radius 1 is 0.436 bits per heavy atom. The van der Waals surface area contributed by atoms with Gasteiger partial charge in [0, 0.05) is 23.3 Å². The molecule has 4 heterocycles. The minimum Gasteiger partial charge on any atom is -0.504 e. The number of aliphatic hydroxyl groups is 3. The van der Waals surface area contributed by atoms with Gasteiger partial charge in [-0.05, 0) is 48.5 Å². The van der Waals surface area contributed by atoms with Crippen LogP contribution in [-0.4, -0.2) is 229 Å². The van der Waals surface area contributed by atoms with Crippen LogP contribution in [0, 0.1) is 0 Å². The zero-order valence-corrected chi connectivity index (χ0v) is 49.6. The molecule has 7 aromatic rings. The molecule has 2 bridgehead atoms. The lowest BCUT2D eigenvalue weighted by Crippen LogP contribution is -2.63. The van der Waals surface area contributed by atoms with Crippen molar-refractivity contribution in [1.82, 2.24) is 0 Å². The first-order chi connectivity index (χ1) is 47.6. The van der Waals surface area contributed by atoms with Crippen molar-refractivity contribution in [2.75, 3.05) is 13.2 Å². The second kappa shape index (κ2) is 25.8. The molecule has 4 aliphatic heterocycles. The van der Waals surface area contributed by atoms with Crippen LogP contribution in [0.25, 0.3) is 11.1 Å². The van der Waals surface area contributed by atoms with Crippen LogP contribution < -0.4 is 9.47 Å². The molecule has 40 nitrogen and oxygen atoms in total. The van der Waals surface area contributed by atoms with Crippen LogP contribution in [0.4, 0.5) is 0 Å². The van der Waals surface area contributed by atoms with Crippen molar-refractivity contribution >= 4 is 41.8 Å². The van der Waals surface area contributed by atoms with Crippen LogP contribution in [-0.2, 0) is 42.6 Å². The third-order valence-electron chi connectivity index (χ3n) is 15.6. The van der Waals surface area contributed by atoms with E-state index in [9.17, 15) is 141 Å². The van der Waals surface area contributed by atoms with Crippen LogP contribution in [0.1, 0.15) is 72.5 Å². The van der Waals surface area contributed by atoms with E-state index in [4.69, 9.17) is 52.1 Å². The van der Waals surface area contributed by atoms with Crippen molar-refractivity contribution in [3.8, 4) is 143 Å². The van der Waals surface area contributed by atoms with Gasteiger partial charge >= 0.3 is 41.8 Å². The van der Waals surface area contributed by atoms with Gasteiger partial charge in [0.05, 0.1) is 34.4 Å². The van der Waals surface area contributed by atoms with E-state index in [1.807, 2.05) is 0 Å². The molecular weight excluding hydrogens is 1370 g/mol. The first-order valence-corrected chi connectivity index (χ1v) is 28.2. The van der Waals surface area contributed by atoms with Crippen LogP contribution in [0.5, 0.6) is 132 Å². The van der Waals surface area contributed by atoms with E-state index in [2.05, 4.69) is 0 Å². The molecule has 7 aromatic carbocycles. The number of phenols is 19. The van der Waals surface area contributed by atoms with E-state index in [-0.39, 0.29) is 12.1 Å². The van der Waals surface area contributed by atoms with E-state index in [0.29, 0.717) is 48.5 Å². The SMILES string of the molecule is O=C(O[C@@H]1[C@H]2OC(=O)c3cc(O)c(O)c(c3)Oc3c(cc(Oc4c(C(=O)O[C@H]5C(O)O[C@H](CO)[C@@H](O)[C@@H]5OC(=O)c5cc(O)c(O)c(O)c5)cc(O)c(O)c4O)c(O)c3O)C(=O)O[C@@H]2O[C@@H]2COC(=O)c3cc(O)c(O)c(O)c3-c3c(cc(O)c(O)c3O)C(=O)O[C@@H]12)c1cc(O)c(O)c(O)c1. The molecule has 0 aromatic heterocycles. The predicted molar refractivity (Wildman–Crippen MR) is 310 cm³/mol. The Labute approximate surface area is 556 Å². The van der Waals surface area contributed by atoms with E-state index < -0.39 is 299 Å². The molecule has 22 N–H and O–H groups in total. The van der Waals surface area contributed by atoms with Gasteiger partial charge in [-0.1, -0.05) is 0 Å². The van der Waals surface area contributed by atoms with Crippen molar-refractivity contribution in [1.29, 1.82) is 0 Å². The molecule has 0 radical (unpaired) electrons. The Morgan fingerprint density at radius 2 is 0.921 bits per heavy atom. The molecule has 0 spiro atoms. The molecule has 101 heavy (non-hydrogen) atoms. The zero-order valence-electron chi connectivity index (χ0n) is 49.6. The van der Waals surface area contributed by atoms with Gasteiger partial charge in [0.1, 0.15) is 36.0 Å². The van der Waals surface area contributed by atoms with Crippen molar-refractivity contribution in [3.63, 3.8) is 0 Å². The Hall–Kier alpha value is -13.6. The van der Waals surface area contributed by atoms with Crippen molar-refractivity contribution in [3.05, 3.63) is 99.6 Å². The van der Waals surface area contributed by atoms with Crippen LogP contribution in [0.2, 0.25) is 0 Å². The maximum Gasteiger partial charge on any atom is 0.344 e. The summed E-state index contributed by atoms with van der Waals surface area (Å²) in [5.74, 6) is -44.7. The highest BCUT2D eigenvalue weighted by Crippen LogP contribution is 2.56. The third-order valence-corrected chi connectivity index (χ3v) is 15.6. The molecule has 2 saturated heterocycles. The lowest BCUT2D eigenvalue weighted by atomic mass is 9.92. The van der Waals surface area contributed by atoms with Crippen LogP contribution >= 0.6 is 0 Å². The summed E-state index contributed by atoms with van der Waals surface area (Å²) < 4.78 is 61.2. The maximum absolute atomic E-state index is 15.1. The summed E-state index contributed by atoms with van der Waals surface area (Å²) in [6.45, 7) is -2.57. The second-order valence-corrected chi connectivity index (χ2v) is 21.9. The van der Waals surface area contributed by atoms with Gasteiger partial charge in [-0.2, -0.15) is 0 Å². The normalized spacial score (nSPS) is 21.7. The molecular formula is C61H46O40. The number of benzene rings is 7. The Balaban J connectivity index is 1.03. The fourth-order valence-electron chi connectivity index (χ4n) is 10.6. The number of cyclic esters (lactones) is 1. The van der Waals surface area contributed by atoms with Crippen molar-refractivity contribution in [2.24, 2.45) is 0 Å². The number of ether oxygens (including phenoxy) is 11. The Bertz CT molecular complexity index is 4650. The number of fused-ring (bicyclic) bond motifs is 8. The lowest BCUT2D eigenvalue weighted by Gasteiger charge is -2.44. The molecule has 0 saturated carbocycles. The number of carbonyl (C=O) groups excluding carboxylic acids is 7. The number of phenolic OH excluding ortho intramolecular Hbond substituents is 19. The molecule has 1 unspecified atom stereocenters. The number of aromatic hydroxyl groups is 19. The standard InChI is InChI=1S/C61H46O40/c62-11-30-41(78)49(97-53(83)13-1-20(63)34(71)21(64)2-13)51(60(90)94-30)99-58(88)18-9-27(70)39(76)44(81)46(18)93-29-10-19-47(45(82)40(29)77)92-28-6-15(5-24(67)36(28)73)55(85)100-52-50(98-54(84)14-3-22(65)35(72)23(66)4-14)48-31(95-61(52)101-59(19)89)12-91-56(86)16-7-25(68)37(74)42(79)32(16)33-17(57(87)96-48)8-26(69)38(75)43(33)80/h1-10,30-31,41,48-52,60-82,90H,11-12H2/t30-,31-,41-,48-,49+,50+,51-,52-,60?,61+/m1/s1. The van der Waals surface area contributed by atoms with Crippen molar-refractivity contribution < 1.29 is 198 Å². The molecule has 2 fully saturated rings. The number of aliphatic hydroxyl groups excluding tert-OH is 3. The summed E-state index contributed by atoms with van der Waals surface area (Å²) in [5, 5.41) is 237. The fourth-order valence-corrected chi connectivity index (χ4v) is 10.6. The van der Waals surface area contributed by atoms with Gasteiger partial charge in [-0.3, -0.25) is 0 Å². The fraction of sp³-hybridized carbons (Fsp3) is 0.197. The monoisotopic (exact) mass is 1420 g/mol. The van der Waals surface area contributed by atoms with Gasteiger partial charge in [0.2, 0.25) is 52.6 Å². The quantitative estimate of drug-likeness (QED) is 0.0548. The summed E-state index contributed by atoms with van der Waals surface area (Å²) in [5.41, 5.74) is -10.00. The molecule has 4 aliphatic rings. The summed E-state index contributed by atoms with van der Waals surface area (Å²) in [6, 6.07) is 4.24. The number of hydrogen-bond donors (Lipinski definition) is 22. The minimum atomic E-state index is -2.84. The smallest absolute Gasteiger partial charge is 0.344 e. The van der Waals surface area contributed by atoms with Gasteiger partial charge in [0.15, 0.2) is 123 Å². The largest absolute Gasteiger partial charge is 0.504 e. The molecule has 530 valence electrons. The number of hydrogen-bond acceptors (Lipinski definition) is 40. The highest BCUT2D eigenvalue weighted by Gasteiger charge is 2.56. The van der Waals surface area contributed by atoms with Gasteiger partial charge in [-0.25, -0.2) is 33.6 Å². The summed E-state index contributed by atoms with van der Waals surface area (Å²) in [7, 11) is 0. The first-order valence-electron chi connectivity index (χ1n) is 28.2. The topological polar surface area (TPSA) is 666 Å². The van der Waals surface area contributed by atoms with Crippen LogP contribution in [0.15, 0.2) is 60.7 Å². The van der Waals surface area contributed by atoms with Gasteiger partial charge in [-0.15, -0.1) is 0 Å². The van der Waals surface area contributed by atoms with E-state index in [1.54, 1.807) is 0 Å². The summed E-state index contributed by atoms with van der Waals surface area (Å²) in [4.78, 5) is 101. The van der Waals surface area contributed by atoms with Crippen molar-refractivity contribution in [2.45, 2.75) is 61.4 Å². The lowest BCUT2D eigenvalue weighted by molar-refractivity contribution is -0.285. The molecule has 10 atom stereocenters. The molecule has 0 aliphatic carbocycles. The molecule has 0 amide bonds. The molecule has 40 heteroatoms. The maximum atomic E-state index is 15.1. The second-order valence-electron chi connectivity index (χ2n) is 21.9. The Morgan fingerprint density at radius 3 is 1.49 bits per heavy atom. The highest BCUT2D eigenvalue weighted by molar-refractivity contribution is 6.09. The van der Waals surface area contributed by atoms with E-state index in [0.717, 1.165) is 0 Å². The van der Waals surface area contributed by atoms with Crippen LogP contribution in [0.3, 0.4) is 0 Å². The summed E-state index contributed by atoms with van der Waals surface area (Å²) in [6.07, 6.45) is -24.8. The number of rotatable bonds is 9. The Kier molecular flexibility index (Phi) is 17.6. The number of esters is 7. The predicted octanol–water partition coefficient (Wildman–Crippen LogP) is 1.21. The average Bonchev–Trinajstić information content (AvgIpc) is 1.63. The molecule has 11 rings (SSSR count). The third kappa shape index (κ3) is 12.1. The van der Waals surface area contributed by atoms with Gasteiger partial charge < -0.3 is 164 Å². The highest BCUT2D eigenvalue weighted by atomic mass is 16.8. The summed E-state index contributed by atoms with van der Waals surface area (Å²) >= 11 is 0. The first kappa shape index (κ1) is 68.8.